The lowest BCUT2D eigenvalue weighted by atomic mass is 9.78. The Hall–Kier alpha value is -1.79. The van der Waals surface area contributed by atoms with Gasteiger partial charge in [0.15, 0.2) is 0 Å². The molecule has 0 saturated carbocycles. The summed E-state index contributed by atoms with van der Waals surface area (Å²) in [7, 11) is 0. The number of carbonyl (C=O) groups is 3. The third-order valence-electron chi connectivity index (χ3n) is 3.03. The Balaban J connectivity index is 4.37. The number of hydrogen-bond donors (Lipinski definition) is 4. The normalized spacial score (nSPS) is 14.3. The first-order valence-corrected chi connectivity index (χ1v) is 6.09. The van der Waals surface area contributed by atoms with Gasteiger partial charge in [-0.1, -0.05) is 13.8 Å². The Bertz CT molecular complexity index is 330. The second kappa shape index (κ2) is 7.60. The first-order chi connectivity index (χ1) is 8.68. The van der Waals surface area contributed by atoms with E-state index in [4.69, 9.17) is 10.2 Å². The molecule has 0 spiro atoms. The summed E-state index contributed by atoms with van der Waals surface area (Å²) in [6.07, 6.45) is -0.441. The largest absolute Gasteiger partial charge is 0.465 e. The maximum absolute atomic E-state index is 11.0. The van der Waals surface area contributed by atoms with Crippen molar-refractivity contribution in [3.05, 3.63) is 0 Å². The highest BCUT2D eigenvalue weighted by molar-refractivity contribution is 5.66. The standard InChI is InChI=1S/C12H22N2O5/c1-8(14-11(18)19)9(7-15)6-12(2,3)4-5-13-10(16)17/h7-9,13-14H,4-6H2,1-3H3,(H,16,17)(H,18,19). The maximum Gasteiger partial charge on any atom is 0.404 e. The molecule has 0 heterocycles. The van der Waals surface area contributed by atoms with Crippen molar-refractivity contribution < 1.29 is 24.6 Å². The molecule has 0 aromatic carbocycles. The van der Waals surface area contributed by atoms with Crippen LogP contribution in [0.1, 0.15) is 33.6 Å². The molecule has 19 heavy (non-hydrogen) atoms. The van der Waals surface area contributed by atoms with Crippen LogP contribution in [0, 0.1) is 11.3 Å². The summed E-state index contributed by atoms with van der Waals surface area (Å²) in [4.78, 5) is 31.9. The number of rotatable bonds is 8. The molecule has 2 unspecified atom stereocenters. The van der Waals surface area contributed by atoms with Crippen molar-refractivity contribution in [2.45, 2.75) is 39.7 Å². The van der Waals surface area contributed by atoms with E-state index in [9.17, 15) is 14.4 Å². The minimum absolute atomic E-state index is 0.261. The van der Waals surface area contributed by atoms with Gasteiger partial charge in [-0.05, 0) is 25.2 Å². The second-order valence-electron chi connectivity index (χ2n) is 5.39. The Morgan fingerprint density at radius 1 is 1.26 bits per heavy atom. The van der Waals surface area contributed by atoms with Crippen LogP contribution >= 0.6 is 0 Å². The molecule has 0 aliphatic carbocycles. The van der Waals surface area contributed by atoms with Crippen LogP contribution in [0.4, 0.5) is 9.59 Å². The van der Waals surface area contributed by atoms with Gasteiger partial charge in [-0.2, -0.15) is 0 Å². The lowest BCUT2D eigenvalue weighted by Gasteiger charge is -2.30. The van der Waals surface area contributed by atoms with E-state index in [1.54, 1.807) is 6.92 Å². The summed E-state index contributed by atoms with van der Waals surface area (Å²) >= 11 is 0. The maximum atomic E-state index is 11.0. The Kier molecular flexibility index (Phi) is 6.89. The van der Waals surface area contributed by atoms with Crippen molar-refractivity contribution >= 4 is 18.5 Å². The van der Waals surface area contributed by atoms with Gasteiger partial charge < -0.3 is 25.6 Å². The molecule has 0 aliphatic rings. The van der Waals surface area contributed by atoms with Crippen molar-refractivity contribution in [2.75, 3.05) is 6.54 Å². The monoisotopic (exact) mass is 274 g/mol. The van der Waals surface area contributed by atoms with Gasteiger partial charge in [-0.3, -0.25) is 0 Å². The fraction of sp³-hybridized carbons (Fsp3) is 0.750. The molecule has 7 nitrogen and oxygen atoms in total. The molecule has 2 amide bonds. The molecule has 7 heteroatoms. The van der Waals surface area contributed by atoms with Gasteiger partial charge >= 0.3 is 12.2 Å². The highest BCUT2D eigenvalue weighted by atomic mass is 16.4. The molecule has 0 saturated heterocycles. The summed E-state index contributed by atoms with van der Waals surface area (Å²) in [5, 5.41) is 21.6. The van der Waals surface area contributed by atoms with Gasteiger partial charge in [0.25, 0.3) is 0 Å². The van der Waals surface area contributed by atoms with Crippen LogP contribution < -0.4 is 10.6 Å². The molecule has 0 aliphatic heterocycles. The van der Waals surface area contributed by atoms with Gasteiger partial charge in [-0.25, -0.2) is 9.59 Å². The molecule has 4 N–H and O–H groups in total. The number of aldehydes is 1. The Labute approximate surface area is 112 Å². The zero-order valence-electron chi connectivity index (χ0n) is 11.5. The topological polar surface area (TPSA) is 116 Å². The number of carbonyl (C=O) groups excluding carboxylic acids is 1. The van der Waals surface area contributed by atoms with Crippen LogP contribution in [0.25, 0.3) is 0 Å². The van der Waals surface area contributed by atoms with Crippen LogP contribution in [0.3, 0.4) is 0 Å². The van der Waals surface area contributed by atoms with E-state index < -0.39 is 24.1 Å². The van der Waals surface area contributed by atoms with Gasteiger partial charge in [0, 0.05) is 18.5 Å². The Morgan fingerprint density at radius 2 is 1.84 bits per heavy atom. The van der Waals surface area contributed by atoms with E-state index in [1.807, 2.05) is 13.8 Å². The quantitative estimate of drug-likeness (QED) is 0.501. The molecular formula is C12H22N2O5. The predicted molar refractivity (Wildman–Crippen MR) is 69.2 cm³/mol. The molecule has 0 aromatic heterocycles. The smallest absolute Gasteiger partial charge is 0.404 e. The van der Waals surface area contributed by atoms with E-state index in [2.05, 4.69) is 10.6 Å². The third kappa shape index (κ3) is 8.01. The summed E-state index contributed by atoms with van der Waals surface area (Å²) < 4.78 is 0. The number of hydrogen-bond acceptors (Lipinski definition) is 3. The number of carboxylic acid groups (broad SMARTS) is 2. The lowest BCUT2D eigenvalue weighted by Crippen LogP contribution is -2.40. The van der Waals surface area contributed by atoms with Gasteiger partial charge in [0.1, 0.15) is 6.29 Å². The minimum atomic E-state index is -1.16. The second-order valence-corrected chi connectivity index (χ2v) is 5.39. The van der Waals surface area contributed by atoms with E-state index in [0.29, 0.717) is 19.4 Å². The number of nitrogens with one attached hydrogen (secondary N) is 2. The summed E-state index contributed by atoms with van der Waals surface area (Å²) in [6.45, 7) is 5.77. The van der Waals surface area contributed by atoms with Crippen LogP contribution in [0.2, 0.25) is 0 Å². The van der Waals surface area contributed by atoms with Crippen LogP contribution in [-0.4, -0.2) is 41.3 Å². The zero-order chi connectivity index (χ0) is 15.1. The summed E-state index contributed by atoms with van der Waals surface area (Å²) in [6, 6.07) is -0.471. The van der Waals surface area contributed by atoms with Gasteiger partial charge in [-0.15, -0.1) is 0 Å². The fourth-order valence-corrected chi connectivity index (χ4v) is 1.89. The van der Waals surface area contributed by atoms with Crippen molar-refractivity contribution in [3.8, 4) is 0 Å². The van der Waals surface area contributed by atoms with E-state index >= 15 is 0 Å². The fourth-order valence-electron chi connectivity index (χ4n) is 1.89. The van der Waals surface area contributed by atoms with Crippen LogP contribution in [-0.2, 0) is 4.79 Å². The van der Waals surface area contributed by atoms with Gasteiger partial charge in [0.2, 0.25) is 0 Å². The molecule has 0 radical (unpaired) electrons. The summed E-state index contributed by atoms with van der Waals surface area (Å²) in [5.74, 6) is -0.434. The average Bonchev–Trinajstić information content (AvgIpc) is 2.23. The van der Waals surface area contributed by atoms with Crippen molar-refractivity contribution in [1.82, 2.24) is 10.6 Å². The predicted octanol–water partition coefficient (Wildman–Crippen LogP) is 1.53. The van der Waals surface area contributed by atoms with E-state index in [0.717, 1.165) is 6.29 Å². The molecule has 110 valence electrons. The average molecular weight is 274 g/mol. The molecule has 0 bridgehead atoms. The SMILES string of the molecule is CC(NC(=O)O)C(C=O)CC(C)(C)CCNC(=O)O. The van der Waals surface area contributed by atoms with Crippen molar-refractivity contribution in [1.29, 1.82) is 0 Å². The van der Waals surface area contributed by atoms with Gasteiger partial charge in [0.05, 0.1) is 0 Å². The molecule has 0 aromatic rings. The number of amides is 2. The van der Waals surface area contributed by atoms with Crippen LogP contribution in [0.15, 0.2) is 0 Å². The van der Waals surface area contributed by atoms with E-state index in [-0.39, 0.29) is 5.41 Å². The molecular weight excluding hydrogens is 252 g/mol. The third-order valence-corrected chi connectivity index (χ3v) is 3.03. The Morgan fingerprint density at radius 3 is 2.26 bits per heavy atom. The van der Waals surface area contributed by atoms with Crippen molar-refractivity contribution in [3.63, 3.8) is 0 Å². The molecule has 0 rings (SSSR count). The highest BCUT2D eigenvalue weighted by Crippen LogP contribution is 2.29. The minimum Gasteiger partial charge on any atom is -0.465 e. The first kappa shape index (κ1) is 17.2. The lowest BCUT2D eigenvalue weighted by molar-refractivity contribution is -0.112. The molecule has 0 fully saturated rings. The van der Waals surface area contributed by atoms with Crippen molar-refractivity contribution in [2.24, 2.45) is 11.3 Å². The van der Waals surface area contributed by atoms with Crippen LogP contribution in [0.5, 0.6) is 0 Å². The first-order valence-electron chi connectivity index (χ1n) is 6.09. The van der Waals surface area contributed by atoms with E-state index in [1.165, 1.54) is 0 Å². The molecule has 2 atom stereocenters. The summed E-state index contributed by atoms with van der Waals surface area (Å²) in [5.41, 5.74) is -0.261. The highest BCUT2D eigenvalue weighted by Gasteiger charge is 2.27. The zero-order valence-corrected chi connectivity index (χ0v) is 11.5.